The molecule has 0 aliphatic carbocycles. The summed E-state index contributed by atoms with van der Waals surface area (Å²) in [6.45, 7) is 0.503. The third-order valence-corrected chi connectivity index (χ3v) is 4.17. The first kappa shape index (κ1) is 17.0. The lowest BCUT2D eigenvalue weighted by molar-refractivity contribution is -0.113. The third-order valence-electron chi connectivity index (χ3n) is 2.68. The van der Waals surface area contributed by atoms with E-state index in [-0.39, 0.29) is 5.91 Å². The highest BCUT2D eigenvalue weighted by Crippen LogP contribution is 2.23. The Morgan fingerprint density at radius 1 is 1.09 bits per heavy atom. The van der Waals surface area contributed by atoms with Crippen molar-refractivity contribution in [3.8, 4) is 5.75 Å². The van der Waals surface area contributed by atoms with Gasteiger partial charge in [0.05, 0.1) is 17.4 Å². The van der Waals surface area contributed by atoms with Crippen molar-refractivity contribution < 1.29 is 9.53 Å². The second-order valence-corrected chi connectivity index (χ2v) is 6.34. The predicted molar refractivity (Wildman–Crippen MR) is 94.4 cm³/mol. The van der Waals surface area contributed by atoms with Crippen LogP contribution in [0.5, 0.6) is 5.75 Å². The summed E-state index contributed by atoms with van der Waals surface area (Å²) in [5.74, 6) is 1.69. The number of anilines is 1. The number of hydrogen-bond donors (Lipinski definition) is 1. The van der Waals surface area contributed by atoms with Crippen molar-refractivity contribution in [3.05, 3.63) is 58.6 Å². The zero-order valence-corrected chi connectivity index (χ0v) is 14.0. The average molecular weight is 356 g/mol. The number of thioether (sulfide) groups is 1. The quantitative estimate of drug-likeness (QED) is 0.728. The summed E-state index contributed by atoms with van der Waals surface area (Å²) in [6.07, 6.45) is 0. The van der Waals surface area contributed by atoms with E-state index in [2.05, 4.69) is 5.32 Å². The van der Waals surface area contributed by atoms with Gasteiger partial charge in [0, 0.05) is 16.5 Å². The molecule has 0 unspecified atom stereocenters. The Kier molecular flexibility index (Phi) is 6.90. The third kappa shape index (κ3) is 5.79. The molecule has 2 aromatic rings. The highest BCUT2D eigenvalue weighted by atomic mass is 35.5. The predicted octanol–water partition coefficient (Wildman–Crippen LogP) is 4.74. The van der Waals surface area contributed by atoms with Crippen LogP contribution in [0.1, 0.15) is 0 Å². The average Bonchev–Trinajstić information content (AvgIpc) is 2.51. The van der Waals surface area contributed by atoms with Crippen LogP contribution >= 0.6 is 35.0 Å². The molecule has 0 aliphatic heterocycles. The Labute approximate surface area is 144 Å². The molecule has 0 fully saturated rings. The molecule has 0 saturated carbocycles. The van der Waals surface area contributed by atoms with Crippen molar-refractivity contribution in [1.29, 1.82) is 0 Å². The Balaban J connectivity index is 1.63. The van der Waals surface area contributed by atoms with Crippen LogP contribution in [0.3, 0.4) is 0 Å². The Morgan fingerprint density at radius 3 is 2.55 bits per heavy atom. The number of carbonyl (C=O) groups is 1. The van der Waals surface area contributed by atoms with E-state index in [1.807, 2.05) is 18.2 Å². The number of rotatable bonds is 7. The lowest BCUT2D eigenvalue weighted by atomic mass is 10.3. The van der Waals surface area contributed by atoms with Crippen LogP contribution in [-0.2, 0) is 4.79 Å². The first-order valence-corrected chi connectivity index (χ1v) is 8.57. The van der Waals surface area contributed by atoms with E-state index >= 15 is 0 Å². The molecule has 2 aromatic carbocycles. The van der Waals surface area contributed by atoms with Gasteiger partial charge in [-0.1, -0.05) is 35.3 Å². The molecule has 0 aromatic heterocycles. The monoisotopic (exact) mass is 355 g/mol. The number of amides is 1. The van der Waals surface area contributed by atoms with Crippen LogP contribution in [-0.4, -0.2) is 24.0 Å². The van der Waals surface area contributed by atoms with Crippen molar-refractivity contribution in [2.75, 3.05) is 23.4 Å². The van der Waals surface area contributed by atoms with Gasteiger partial charge in [0.15, 0.2) is 0 Å². The van der Waals surface area contributed by atoms with Gasteiger partial charge in [-0.2, -0.15) is 0 Å². The normalized spacial score (nSPS) is 10.3. The van der Waals surface area contributed by atoms with Crippen LogP contribution < -0.4 is 10.1 Å². The van der Waals surface area contributed by atoms with Gasteiger partial charge in [-0.15, -0.1) is 11.8 Å². The molecular formula is C16H15Cl2NO2S. The van der Waals surface area contributed by atoms with Gasteiger partial charge in [-0.05, 0) is 36.4 Å². The molecule has 22 heavy (non-hydrogen) atoms. The minimum atomic E-state index is -0.0509. The first-order valence-electron chi connectivity index (χ1n) is 6.65. The van der Waals surface area contributed by atoms with Gasteiger partial charge in [-0.25, -0.2) is 0 Å². The van der Waals surface area contributed by atoms with E-state index in [1.54, 1.807) is 30.3 Å². The van der Waals surface area contributed by atoms with E-state index < -0.39 is 0 Å². The van der Waals surface area contributed by atoms with Gasteiger partial charge in [0.2, 0.25) is 5.91 Å². The summed E-state index contributed by atoms with van der Waals surface area (Å²) in [5, 5.41) is 4.04. The van der Waals surface area contributed by atoms with Gasteiger partial charge < -0.3 is 10.1 Å². The van der Waals surface area contributed by atoms with Crippen molar-refractivity contribution in [2.24, 2.45) is 0 Å². The molecule has 0 atom stereocenters. The molecule has 1 amide bonds. The summed E-state index contributed by atoms with van der Waals surface area (Å²) in [7, 11) is 0. The molecular weight excluding hydrogens is 341 g/mol. The fourth-order valence-corrected chi connectivity index (χ4v) is 2.59. The summed E-state index contributed by atoms with van der Waals surface area (Å²) >= 11 is 13.3. The van der Waals surface area contributed by atoms with Crippen LogP contribution in [0.15, 0.2) is 48.5 Å². The zero-order chi connectivity index (χ0) is 15.8. The van der Waals surface area contributed by atoms with E-state index in [4.69, 9.17) is 27.9 Å². The maximum absolute atomic E-state index is 11.8. The van der Waals surface area contributed by atoms with Crippen LogP contribution in [0, 0.1) is 0 Å². The molecule has 0 bridgehead atoms. The second-order valence-electron chi connectivity index (χ2n) is 4.39. The summed E-state index contributed by atoms with van der Waals surface area (Å²) in [4.78, 5) is 11.8. The SMILES string of the molecule is O=C(CSCCOc1ccccc1Cl)Nc1ccc(Cl)cc1. The maximum Gasteiger partial charge on any atom is 0.234 e. The van der Waals surface area contributed by atoms with Crippen LogP contribution in [0.25, 0.3) is 0 Å². The molecule has 1 N–H and O–H groups in total. The number of benzene rings is 2. The van der Waals surface area contributed by atoms with Crippen molar-refractivity contribution in [1.82, 2.24) is 0 Å². The molecule has 0 heterocycles. The fraction of sp³-hybridized carbons (Fsp3) is 0.188. The highest BCUT2D eigenvalue weighted by molar-refractivity contribution is 7.99. The van der Waals surface area contributed by atoms with Gasteiger partial charge in [0.25, 0.3) is 0 Å². The number of hydrogen-bond acceptors (Lipinski definition) is 3. The van der Waals surface area contributed by atoms with Crippen LogP contribution in [0.2, 0.25) is 10.0 Å². The zero-order valence-electron chi connectivity index (χ0n) is 11.7. The Bertz CT molecular complexity index is 620. The van der Waals surface area contributed by atoms with Crippen molar-refractivity contribution in [2.45, 2.75) is 0 Å². The number of nitrogens with one attached hydrogen (secondary N) is 1. The molecule has 0 spiro atoms. The van der Waals surface area contributed by atoms with Crippen LogP contribution in [0.4, 0.5) is 5.69 Å². The minimum Gasteiger partial charge on any atom is -0.491 e. The second kappa shape index (κ2) is 8.93. The van der Waals surface area contributed by atoms with Gasteiger partial charge >= 0.3 is 0 Å². The Hall–Kier alpha value is -1.36. The standard InChI is InChI=1S/C16H15Cl2NO2S/c17-12-5-7-13(8-6-12)19-16(20)11-22-10-9-21-15-4-2-1-3-14(15)18/h1-8H,9-11H2,(H,19,20). The highest BCUT2D eigenvalue weighted by Gasteiger charge is 2.03. The first-order chi connectivity index (χ1) is 10.6. The summed E-state index contributed by atoms with van der Waals surface area (Å²) in [6, 6.07) is 14.3. The molecule has 116 valence electrons. The summed E-state index contributed by atoms with van der Waals surface area (Å²) in [5.41, 5.74) is 0.738. The number of carbonyl (C=O) groups excluding carboxylic acids is 1. The van der Waals surface area contributed by atoms with Crippen molar-refractivity contribution in [3.63, 3.8) is 0 Å². The van der Waals surface area contributed by atoms with E-state index in [9.17, 15) is 4.79 Å². The van der Waals surface area contributed by atoms with E-state index in [0.717, 1.165) is 5.69 Å². The largest absolute Gasteiger partial charge is 0.491 e. The molecule has 0 radical (unpaired) electrons. The lowest BCUT2D eigenvalue weighted by Crippen LogP contribution is -2.15. The molecule has 3 nitrogen and oxygen atoms in total. The Morgan fingerprint density at radius 2 is 1.82 bits per heavy atom. The fourth-order valence-electron chi connectivity index (χ4n) is 1.67. The van der Waals surface area contributed by atoms with E-state index in [1.165, 1.54) is 11.8 Å². The molecule has 6 heteroatoms. The van der Waals surface area contributed by atoms with E-state index in [0.29, 0.717) is 33.9 Å². The number of para-hydroxylation sites is 1. The van der Waals surface area contributed by atoms with Crippen molar-refractivity contribution >= 4 is 46.6 Å². The molecule has 2 rings (SSSR count). The van der Waals surface area contributed by atoms with Gasteiger partial charge in [0.1, 0.15) is 5.75 Å². The number of halogens is 2. The minimum absolute atomic E-state index is 0.0509. The summed E-state index contributed by atoms with van der Waals surface area (Å²) < 4.78 is 5.55. The molecule has 0 aliphatic rings. The lowest BCUT2D eigenvalue weighted by Gasteiger charge is -2.08. The smallest absolute Gasteiger partial charge is 0.234 e. The van der Waals surface area contributed by atoms with Gasteiger partial charge in [-0.3, -0.25) is 4.79 Å². The number of ether oxygens (including phenoxy) is 1. The maximum atomic E-state index is 11.8. The topological polar surface area (TPSA) is 38.3 Å². The molecule has 0 saturated heterocycles.